The predicted molar refractivity (Wildman–Crippen MR) is 81.2 cm³/mol. The van der Waals surface area contributed by atoms with Crippen LogP contribution in [0.25, 0.3) is 10.9 Å². The van der Waals surface area contributed by atoms with Crippen LogP contribution in [0.5, 0.6) is 0 Å². The van der Waals surface area contributed by atoms with Crippen LogP contribution in [0.15, 0.2) is 24.3 Å². The number of aromatic nitrogens is 1. The number of carbonyl (C=O) groups excluding carboxylic acids is 1. The highest BCUT2D eigenvalue weighted by Crippen LogP contribution is 2.22. The molecular formula is C15H15ClN2O4. The van der Waals surface area contributed by atoms with Gasteiger partial charge in [0.05, 0.1) is 25.7 Å². The Bertz CT molecular complexity index is 727. The number of amides is 1. The number of carboxylic acids is 1. The number of nitrogens with one attached hydrogen (secondary N) is 1. The van der Waals surface area contributed by atoms with Crippen molar-refractivity contribution in [3.63, 3.8) is 0 Å². The molecule has 116 valence electrons. The summed E-state index contributed by atoms with van der Waals surface area (Å²) >= 11 is 5.94. The van der Waals surface area contributed by atoms with E-state index in [-0.39, 0.29) is 18.9 Å². The molecule has 2 aromatic rings. The summed E-state index contributed by atoms with van der Waals surface area (Å²) in [6, 6.07) is 6.64. The molecule has 2 heterocycles. The molecule has 2 N–H and O–H groups in total. The van der Waals surface area contributed by atoms with Gasteiger partial charge in [-0.2, -0.15) is 0 Å². The average molecular weight is 323 g/mol. The van der Waals surface area contributed by atoms with E-state index >= 15 is 0 Å². The number of ether oxygens (including phenoxy) is 1. The van der Waals surface area contributed by atoms with Gasteiger partial charge in [0.25, 0.3) is 5.91 Å². The molecule has 1 aliphatic rings. The molecule has 1 aromatic carbocycles. The largest absolute Gasteiger partial charge is 0.481 e. The quantitative estimate of drug-likeness (QED) is 0.907. The molecule has 0 radical (unpaired) electrons. The van der Waals surface area contributed by atoms with Gasteiger partial charge in [-0.15, -0.1) is 0 Å². The zero-order valence-electron chi connectivity index (χ0n) is 11.7. The number of H-pyrrole nitrogens is 1. The normalized spacial score (nSPS) is 18.6. The molecule has 1 aliphatic heterocycles. The third-order valence-electron chi connectivity index (χ3n) is 3.71. The highest BCUT2D eigenvalue weighted by molar-refractivity contribution is 6.31. The SMILES string of the molecule is O=C(O)CC1COCCN1C(=O)c1cc2ccc(Cl)cc2[nH]1. The fourth-order valence-electron chi connectivity index (χ4n) is 2.66. The third-order valence-corrected chi connectivity index (χ3v) is 3.95. The first kappa shape index (κ1) is 14.9. The maximum atomic E-state index is 12.7. The standard InChI is InChI=1S/C15H15ClN2O4/c16-10-2-1-9-5-13(17-12(9)6-10)15(21)18-3-4-22-8-11(18)7-14(19)20/h1-2,5-6,11,17H,3-4,7-8H2,(H,19,20). The zero-order valence-corrected chi connectivity index (χ0v) is 12.5. The lowest BCUT2D eigenvalue weighted by molar-refractivity contribution is -0.139. The molecule has 0 spiro atoms. The molecule has 0 aliphatic carbocycles. The Balaban J connectivity index is 1.87. The first-order valence-electron chi connectivity index (χ1n) is 6.93. The Labute approximate surface area is 131 Å². The minimum Gasteiger partial charge on any atom is -0.481 e. The molecule has 6 nitrogen and oxygen atoms in total. The van der Waals surface area contributed by atoms with Crippen LogP contribution in [0.1, 0.15) is 16.9 Å². The van der Waals surface area contributed by atoms with Crippen molar-refractivity contribution in [3.8, 4) is 0 Å². The molecule has 7 heteroatoms. The molecular weight excluding hydrogens is 308 g/mol. The molecule has 1 atom stereocenters. The Morgan fingerprint density at radius 3 is 3.00 bits per heavy atom. The van der Waals surface area contributed by atoms with Crippen molar-refractivity contribution in [3.05, 3.63) is 35.0 Å². The number of hydrogen-bond donors (Lipinski definition) is 2. The van der Waals surface area contributed by atoms with Crippen LogP contribution in [0.2, 0.25) is 5.02 Å². The van der Waals surface area contributed by atoms with Gasteiger partial charge in [-0.05, 0) is 18.2 Å². The number of carboxylic acid groups (broad SMARTS) is 1. The van der Waals surface area contributed by atoms with E-state index in [1.807, 2.05) is 6.07 Å². The van der Waals surface area contributed by atoms with E-state index in [9.17, 15) is 9.59 Å². The van der Waals surface area contributed by atoms with Gasteiger partial charge in [0, 0.05) is 22.5 Å². The molecule has 1 unspecified atom stereocenters. The van der Waals surface area contributed by atoms with Crippen molar-refractivity contribution in [2.75, 3.05) is 19.8 Å². The number of aliphatic carboxylic acids is 1. The van der Waals surface area contributed by atoms with Crippen LogP contribution in [-0.2, 0) is 9.53 Å². The average Bonchev–Trinajstić information content (AvgIpc) is 2.89. The summed E-state index contributed by atoms with van der Waals surface area (Å²) < 4.78 is 5.29. The second-order valence-electron chi connectivity index (χ2n) is 5.24. The molecule has 1 aromatic heterocycles. The van der Waals surface area contributed by atoms with Crippen LogP contribution in [0, 0.1) is 0 Å². The van der Waals surface area contributed by atoms with Crippen LogP contribution < -0.4 is 0 Å². The smallest absolute Gasteiger partial charge is 0.305 e. The number of nitrogens with zero attached hydrogens (tertiary/aromatic N) is 1. The summed E-state index contributed by atoms with van der Waals surface area (Å²) in [4.78, 5) is 28.2. The number of morpholine rings is 1. The Kier molecular flexibility index (Phi) is 4.04. The molecule has 22 heavy (non-hydrogen) atoms. The number of halogens is 1. The summed E-state index contributed by atoms with van der Waals surface area (Å²) in [5, 5.41) is 10.4. The van der Waals surface area contributed by atoms with Crippen molar-refractivity contribution < 1.29 is 19.4 Å². The number of aromatic amines is 1. The predicted octanol–water partition coefficient (Wildman–Crippen LogP) is 2.14. The van der Waals surface area contributed by atoms with Crippen molar-refractivity contribution >= 4 is 34.4 Å². The number of benzene rings is 1. The number of rotatable bonds is 3. The second kappa shape index (κ2) is 5.98. The second-order valence-corrected chi connectivity index (χ2v) is 5.68. The van der Waals surface area contributed by atoms with E-state index in [1.54, 1.807) is 23.1 Å². The maximum absolute atomic E-state index is 12.7. The lowest BCUT2D eigenvalue weighted by Crippen LogP contribution is -2.49. The zero-order chi connectivity index (χ0) is 15.7. The molecule has 0 bridgehead atoms. The van der Waals surface area contributed by atoms with Crippen molar-refractivity contribution in [1.82, 2.24) is 9.88 Å². The van der Waals surface area contributed by atoms with E-state index < -0.39 is 12.0 Å². The van der Waals surface area contributed by atoms with Crippen LogP contribution >= 0.6 is 11.6 Å². The summed E-state index contributed by atoms with van der Waals surface area (Å²) in [5.74, 6) is -1.17. The third kappa shape index (κ3) is 2.93. The van der Waals surface area contributed by atoms with E-state index in [0.717, 1.165) is 10.9 Å². The molecule has 1 saturated heterocycles. The van der Waals surface area contributed by atoms with E-state index in [4.69, 9.17) is 21.4 Å². The monoisotopic (exact) mass is 322 g/mol. The van der Waals surface area contributed by atoms with Gasteiger partial charge >= 0.3 is 5.97 Å². The van der Waals surface area contributed by atoms with Gasteiger partial charge in [0.2, 0.25) is 0 Å². The van der Waals surface area contributed by atoms with E-state index in [1.165, 1.54) is 0 Å². The Hall–Kier alpha value is -2.05. The minimum atomic E-state index is -0.947. The maximum Gasteiger partial charge on any atom is 0.305 e. The summed E-state index contributed by atoms with van der Waals surface area (Å²) in [6.07, 6.45) is -0.127. The van der Waals surface area contributed by atoms with Crippen LogP contribution in [-0.4, -0.2) is 52.7 Å². The van der Waals surface area contributed by atoms with Crippen LogP contribution in [0.3, 0.4) is 0 Å². The fraction of sp³-hybridized carbons (Fsp3) is 0.333. The van der Waals surface area contributed by atoms with Crippen molar-refractivity contribution in [1.29, 1.82) is 0 Å². The van der Waals surface area contributed by atoms with Gasteiger partial charge < -0.3 is 19.7 Å². The van der Waals surface area contributed by atoms with Gasteiger partial charge in [-0.1, -0.05) is 17.7 Å². The Morgan fingerprint density at radius 1 is 1.41 bits per heavy atom. The van der Waals surface area contributed by atoms with Crippen molar-refractivity contribution in [2.24, 2.45) is 0 Å². The molecule has 1 amide bonds. The lowest BCUT2D eigenvalue weighted by atomic mass is 10.1. The summed E-state index contributed by atoms with van der Waals surface area (Å²) in [5.41, 5.74) is 1.20. The highest BCUT2D eigenvalue weighted by Gasteiger charge is 2.30. The number of carbonyl (C=O) groups is 2. The molecule has 0 saturated carbocycles. The van der Waals surface area contributed by atoms with Crippen molar-refractivity contribution in [2.45, 2.75) is 12.5 Å². The highest BCUT2D eigenvalue weighted by atomic mass is 35.5. The van der Waals surface area contributed by atoms with E-state index in [0.29, 0.717) is 23.9 Å². The first-order valence-corrected chi connectivity index (χ1v) is 7.31. The number of fused-ring (bicyclic) bond motifs is 1. The van der Waals surface area contributed by atoms with Gasteiger partial charge in [-0.25, -0.2) is 0 Å². The Morgan fingerprint density at radius 2 is 2.23 bits per heavy atom. The van der Waals surface area contributed by atoms with E-state index in [2.05, 4.69) is 4.98 Å². The topological polar surface area (TPSA) is 82.6 Å². The minimum absolute atomic E-state index is 0.127. The fourth-order valence-corrected chi connectivity index (χ4v) is 2.83. The summed E-state index contributed by atoms with van der Waals surface area (Å²) in [7, 11) is 0. The molecule has 3 rings (SSSR count). The van der Waals surface area contributed by atoms with Gasteiger partial charge in [0.1, 0.15) is 5.69 Å². The van der Waals surface area contributed by atoms with Gasteiger partial charge in [0.15, 0.2) is 0 Å². The summed E-state index contributed by atoms with van der Waals surface area (Å²) in [6.45, 7) is 1.03. The van der Waals surface area contributed by atoms with Crippen LogP contribution in [0.4, 0.5) is 0 Å². The number of hydrogen-bond acceptors (Lipinski definition) is 3. The first-order chi connectivity index (χ1) is 10.5. The lowest BCUT2D eigenvalue weighted by Gasteiger charge is -2.34. The van der Waals surface area contributed by atoms with Gasteiger partial charge in [-0.3, -0.25) is 9.59 Å². The molecule has 1 fully saturated rings.